The molecule has 32 heteroatoms. The van der Waals surface area contributed by atoms with Gasteiger partial charge in [0.2, 0.25) is 0 Å². The summed E-state index contributed by atoms with van der Waals surface area (Å²) in [6.07, 6.45) is 0. The molecular weight excluding hydrogens is 1180 g/mol. The first kappa shape index (κ1) is 82.7. The van der Waals surface area contributed by atoms with Gasteiger partial charge in [0.1, 0.15) is 0 Å². The molecule has 1 aromatic rings. The van der Waals surface area contributed by atoms with E-state index in [1.807, 2.05) is 0 Å². The van der Waals surface area contributed by atoms with Crippen LogP contribution < -0.4 is 10.6 Å². The molecule has 32 nitrogen and oxygen atoms in total. The van der Waals surface area contributed by atoms with E-state index in [1.165, 1.54) is 0 Å². The third-order valence-corrected chi connectivity index (χ3v) is 10.7. The zero-order valence-electron chi connectivity index (χ0n) is 52.3. The largest absolute Gasteiger partial charge is 0.476 e. The lowest BCUT2D eigenvalue weighted by atomic mass is 10.3. The zero-order valence-corrected chi connectivity index (χ0v) is 52.3. The lowest BCUT2D eigenvalue weighted by Gasteiger charge is -2.14. The van der Waals surface area contributed by atoms with Crippen molar-refractivity contribution in [1.29, 1.82) is 0 Å². The van der Waals surface area contributed by atoms with Gasteiger partial charge in [0.25, 0.3) is 0 Å². The molecule has 0 radical (unpaired) electrons. The Bertz CT molecular complexity index is 1510. The summed E-state index contributed by atoms with van der Waals surface area (Å²) in [5.74, 6) is -3.20. The highest BCUT2D eigenvalue weighted by molar-refractivity contribution is 5.96. The molecule has 0 spiro atoms. The number of hydrogen-bond donors (Lipinski definition) is 4. The molecule has 0 bridgehead atoms. The molecule has 0 atom stereocenters. The van der Waals surface area contributed by atoms with Gasteiger partial charge in [0.15, 0.2) is 23.0 Å². The van der Waals surface area contributed by atoms with Crippen molar-refractivity contribution < 1.29 is 133 Å². The molecule has 0 unspecified atom stereocenters. The van der Waals surface area contributed by atoms with Crippen molar-refractivity contribution in [2.45, 2.75) is 0 Å². The molecule has 0 aliphatic rings. The summed E-state index contributed by atoms with van der Waals surface area (Å²) in [5, 5.41) is 25.1. The molecule has 0 aliphatic heterocycles. The lowest BCUT2D eigenvalue weighted by molar-refractivity contribution is -0.0279. The number of carboxylic acids is 2. The molecule has 0 aliphatic carbocycles. The van der Waals surface area contributed by atoms with E-state index in [0.29, 0.717) is 277 Å². The van der Waals surface area contributed by atoms with E-state index >= 15 is 0 Å². The monoisotopic (exact) mass is 1280 g/mol. The number of nitrogens with one attached hydrogen (secondary N) is 2. The lowest BCUT2D eigenvalue weighted by Crippen LogP contribution is -2.21. The van der Waals surface area contributed by atoms with Gasteiger partial charge in [-0.3, -0.25) is 0 Å². The molecule has 518 valence electrons. The summed E-state index contributed by atoms with van der Waals surface area (Å²) in [6.45, 7) is 20.5. The van der Waals surface area contributed by atoms with Gasteiger partial charge in [-0.2, -0.15) is 0 Å². The fourth-order valence-electron chi connectivity index (χ4n) is 6.35. The second-order valence-corrected chi connectivity index (χ2v) is 17.5. The summed E-state index contributed by atoms with van der Waals surface area (Å²) in [7, 11) is 3.27. The Hall–Kier alpha value is -3.34. The molecule has 0 saturated carbocycles. The van der Waals surface area contributed by atoms with E-state index in [2.05, 4.69) is 20.6 Å². The predicted octanol–water partition coefficient (Wildman–Crippen LogP) is 0.355. The van der Waals surface area contributed by atoms with Gasteiger partial charge in [-0.25, -0.2) is 19.6 Å². The van der Waals surface area contributed by atoms with Crippen molar-refractivity contribution in [1.82, 2.24) is 9.97 Å². The van der Waals surface area contributed by atoms with Crippen LogP contribution in [0.15, 0.2) is 0 Å². The number of ether oxygens (including phenoxy) is 24. The number of anilines is 2. The predicted molar refractivity (Wildman–Crippen MR) is 315 cm³/mol. The smallest absolute Gasteiger partial charge is 0.358 e. The van der Waals surface area contributed by atoms with Crippen LogP contribution in [0.5, 0.6) is 0 Å². The number of hydrogen-bond acceptors (Lipinski definition) is 30. The summed E-state index contributed by atoms with van der Waals surface area (Å²) < 4.78 is 130. The second kappa shape index (κ2) is 69.5. The van der Waals surface area contributed by atoms with Gasteiger partial charge < -0.3 is 135 Å². The molecule has 0 saturated heterocycles. The average molecular weight is 1280 g/mol. The number of aromatic carboxylic acids is 2. The van der Waals surface area contributed by atoms with Crippen LogP contribution in [-0.2, 0) is 114 Å². The zero-order chi connectivity index (χ0) is 63.2. The highest BCUT2D eigenvalue weighted by atomic mass is 16.6. The van der Waals surface area contributed by atoms with Crippen molar-refractivity contribution >= 4 is 23.6 Å². The van der Waals surface area contributed by atoms with Crippen LogP contribution in [0.4, 0.5) is 11.6 Å². The van der Waals surface area contributed by atoms with Crippen LogP contribution in [0.1, 0.15) is 21.0 Å². The Kier molecular flexibility index (Phi) is 65.3. The third-order valence-electron chi connectivity index (χ3n) is 10.7. The van der Waals surface area contributed by atoms with Crippen LogP contribution in [0, 0.1) is 0 Å². The number of aromatic nitrogens is 2. The summed E-state index contributed by atoms with van der Waals surface area (Å²) in [6, 6.07) is 0. The maximum absolute atomic E-state index is 12.0. The van der Waals surface area contributed by atoms with Crippen molar-refractivity contribution in [3.05, 3.63) is 11.4 Å². The first-order valence-corrected chi connectivity index (χ1v) is 30.1. The average Bonchev–Trinajstić information content (AvgIpc) is 3.72. The van der Waals surface area contributed by atoms with Crippen LogP contribution in [-0.4, -0.2) is 363 Å². The number of carbonyl (C=O) groups is 2. The van der Waals surface area contributed by atoms with Crippen molar-refractivity contribution in [2.75, 3.05) is 342 Å². The first-order chi connectivity index (χ1) is 43.5. The second-order valence-electron chi connectivity index (χ2n) is 17.5. The maximum atomic E-state index is 12.0. The van der Waals surface area contributed by atoms with Crippen molar-refractivity contribution in [3.8, 4) is 0 Å². The number of nitrogens with zero attached hydrogens (tertiary/aromatic N) is 2. The Balaban J connectivity index is 1.88. The fraction of sp³-hybridized carbons (Fsp3) is 0.893. The van der Waals surface area contributed by atoms with Gasteiger partial charge in [-0.1, -0.05) is 0 Å². The number of carboxylic acid groups (broad SMARTS) is 2. The minimum atomic E-state index is -1.39. The Morgan fingerprint density at radius 3 is 0.489 bits per heavy atom. The minimum Gasteiger partial charge on any atom is -0.476 e. The maximum Gasteiger partial charge on any atom is 0.358 e. The highest BCUT2D eigenvalue weighted by Gasteiger charge is 2.22. The number of methoxy groups -OCH3 is 2. The van der Waals surface area contributed by atoms with E-state index in [1.54, 1.807) is 14.2 Å². The molecule has 4 N–H and O–H groups in total. The quantitative estimate of drug-likeness (QED) is 0.0640. The van der Waals surface area contributed by atoms with Crippen molar-refractivity contribution in [3.63, 3.8) is 0 Å². The van der Waals surface area contributed by atoms with Crippen LogP contribution >= 0.6 is 0 Å². The van der Waals surface area contributed by atoms with Crippen LogP contribution in [0.3, 0.4) is 0 Å². The fourth-order valence-corrected chi connectivity index (χ4v) is 6.35. The van der Waals surface area contributed by atoms with E-state index < -0.39 is 23.3 Å². The number of rotatable bonds is 76. The first-order valence-electron chi connectivity index (χ1n) is 30.1. The van der Waals surface area contributed by atoms with E-state index in [0.717, 1.165) is 0 Å². The van der Waals surface area contributed by atoms with Gasteiger partial charge in [-0.05, 0) is 0 Å². The Morgan fingerprint density at radius 1 is 0.239 bits per heavy atom. The minimum absolute atomic E-state index is 0.131. The van der Waals surface area contributed by atoms with Gasteiger partial charge in [0.05, 0.1) is 304 Å². The molecule has 0 amide bonds. The van der Waals surface area contributed by atoms with E-state index in [-0.39, 0.29) is 51.2 Å². The SMILES string of the molecule is COCCOCCOCCOCCOCCOCCOCCOCCOCCOCCOCCOCCNc1nc(C(=O)O)c(NCCOCCOCCOCCOCCOCCOCCOCCOCCOCCOCCOCCOC)nc1C(=O)O. The molecule has 1 rings (SSSR count). The topological polar surface area (TPSA) is 346 Å². The van der Waals surface area contributed by atoms with E-state index in [4.69, 9.17) is 114 Å². The Morgan fingerprint density at radius 2 is 0.364 bits per heavy atom. The Labute approximate surface area is 519 Å². The standard InChI is InChI=1S/C56H106N4O28/c1-65-7-9-69-15-17-73-23-25-77-31-33-81-39-41-85-47-49-87-45-43-83-37-35-79-29-27-75-21-19-71-13-11-67-5-3-57-53-51(55(61)62)60-54(52(59-53)56(63)64)58-4-6-68-12-14-72-20-22-76-28-30-80-36-38-84-44-46-88-50-48-86-42-40-82-34-32-78-26-24-74-18-16-70-10-8-66-2/h3-50H2,1-2H3,(H,57,59)(H,58,60)(H,61,62)(H,63,64). The summed E-state index contributed by atoms with van der Waals surface area (Å²) in [4.78, 5) is 32.0. The van der Waals surface area contributed by atoms with Crippen LogP contribution in [0.25, 0.3) is 0 Å². The molecule has 1 aromatic heterocycles. The van der Waals surface area contributed by atoms with Crippen molar-refractivity contribution in [2.24, 2.45) is 0 Å². The molecule has 88 heavy (non-hydrogen) atoms. The normalized spacial score (nSPS) is 11.6. The summed E-state index contributed by atoms with van der Waals surface area (Å²) >= 11 is 0. The molecule has 0 aromatic carbocycles. The van der Waals surface area contributed by atoms with Gasteiger partial charge in [-0.15, -0.1) is 0 Å². The third kappa shape index (κ3) is 59.0. The molecule has 1 heterocycles. The molecule has 0 fully saturated rings. The molecular formula is C56H106N4O28. The highest BCUT2D eigenvalue weighted by Crippen LogP contribution is 2.18. The van der Waals surface area contributed by atoms with E-state index in [9.17, 15) is 19.8 Å². The van der Waals surface area contributed by atoms with Crippen LogP contribution in [0.2, 0.25) is 0 Å². The van der Waals surface area contributed by atoms with Gasteiger partial charge >= 0.3 is 11.9 Å². The van der Waals surface area contributed by atoms with Gasteiger partial charge in [0, 0.05) is 27.3 Å². The summed E-state index contributed by atoms with van der Waals surface area (Å²) in [5.41, 5.74) is -0.912.